The molecule has 3 aromatic heterocycles. The molecule has 0 atom stereocenters. The Kier molecular flexibility index (Phi) is 4.59. The quantitative estimate of drug-likeness (QED) is 0.686. The minimum absolute atomic E-state index is 0. The number of rotatable bonds is 3. The number of hydrogen-bond donors (Lipinski definition) is 1. The van der Waals surface area contributed by atoms with Gasteiger partial charge < -0.3 is 0 Å². The van der Waals surface area contributed by atoms with Crippen molar-refractivity contribution in [3.8, 4) is 10.4 Å². The Labute approximate surface area is 157 Å². The summed E-state index contributed by atoms with van der Waals surface area (Å²) in [6, 6.07) is 4.00. The molecule has 1 aliphatic rings. The maximum absolute atomic E-state index is 12.1. The van der Waals surface area contributed by atoms with Crippen molar-refractivity contribution in [2.24, 2.45) is 0 Å². The maximum Gasteiger partial charge on any atom is 0.275 e. The molecule has 4 rings (SSSR count). The number of nitrogens with zero attached hydrogens (tertiary/aromatic N) is 3. The van der Waals surface area contributed by atoms with Gasteiger partial charge in [0.05, 0.1) is 5.39 Å². The van der Waals surface area contributed by atoms with Crippen molar-refractivity contribution in [1.82, 2.24) is 15.0 Å². The average molecular weight is 393 g/mol. The Morgan fingerprint density at radius 1 is 1.16 bits per heavy atom. The van der Waals surface area contributed by atoms with Gasteiger partial charge in [-0.2, -0.15) is 5.01 Å². The number of fused-ring (bicyclic) bond motifs is 1. The van der Waals surface area contributed by atoms with E-state index in [0.717, 1.165) is 25.7 Å². The minimum Gasteiger partial charge on any atom is -0.271 e. The van der Waals surface area contributed by atoms with Crippen molar-refractivity contribution in [2.45, 2.75) is 13.8 Å². The Morgan fingerprint density at radius 2 is 1.96 bits per heavy atom. The smallest absolute Gasteiger partial charge is 0.271 e. The number of carbonyl (C=O) groups excluding carboxylic acids is 2. The van der Waals surface area contributed by atoms with Crippen molar-refractivity contribution in [1.29, 1.82) is 0 Å². The van der Waals surface area contributed by atoms with Crippen LogP contribution in [0.4, 0.5) is 5.82 Å². The third kappa shape index (κ3) is 2.92. The van der Waals surface area contributed by atoms with Crippen LogP contribution in [0.15, 0.2) is 34.5 Å². The van der Waals surface area contributed by atoms with E-state index >= 15 is 0 Å². The predicted octanol–water partition coefficient (Wildman–Crippen LogP) is 3.79. The van der Waals surface area contributed by atoms with Gasteiger partial charge in [0.25, 0.3) is 11.8 Å². The second kappa shape index (κ2) is 6.55. The molecule has 0 saturated heterocycles. The summed E-state index contributed by atoms with van der Waals surface area (Å²) >= 11 is 3.13. The largest absolute Gasteiger partial charge is 0.275 e. The lowest BCUT2D eigenvalue weighted by molar-refractivity contribution is -0.135. The molecule has 0 bridgehead atoms. The second-order valence-electron chi connectivity index (χ2n) is 5.34. The lowest BCUT2D eigenvalue weighted by atomic mass is 10.2. The van der Waals surface area contributed by atoms with Crippen molar-refractivity contribution in [2.75, 3.05) is 5.43 Å². The average Bonchev–Trinajstić information content (AvgIpc) is 3.23. The van der Waals surface area contributed by atoms with Crippen LogP contribution >= 0.6 is 35.1 Å². The molecule has 1 N–H and O–H groups in total. The van der Waals surface area contributed by atoms with E-state index in [0.29, 0.717) is 17.2 Å². The van der Waals surface area contributed by atoms with Crippen molar-refractivity contribution < 1.29 is 9.59 Å². The Hall–Kier alpha value is -2.29. The first kappa shape index (κ1) is 17.5. The molecule has 0 aliphatic carbocycles. The molecule has 0 aromatic carbocycles. The first-order chi connectivity index (χ1) is 11.5. The zero-order chi connectivity index (χ0) is 16.8. The van der Waals surface area contributed by atoms with Crippen LogP contribution in [0.2, 0.25) is 0 Å². The number of amides is 2. The van der Waals surface area contributed by atoms with Crippen molar-refractivity contribution in [3.63, 3.8) is 0 Å². The fraction of sp³-hybridized carbons (Fsp3) is 0.125. The summed E-state index contributed by atoms with van der Waals surface area (Å²) in [6.07, 6.45) is 1.31. The molecule has 0 fully saturated rings. The summed E-state index contributed by atoms with van der Waals surface area (Å²) in [5, 5.41) is 5.83. The number of halogens is 1. The Bertz CT molecular complexity index is 1010. The van der Waals surface area contributed by atoms with Crippen LogP contribution in [0.5, 0.6) is 0 Å². The second-order valence-corrected chi connectivity index (χ2v) is 7.15. The third-order valence-corrected chi connectivity index (χ3v) is 5.43. The predicted molar refractivity (Wildman–Crippen MR) is 102 cm³/mol. The van der Waals surface area contributed by atoms with Crippen LogP contribution in [0.1, 0.15) is 12.7 Å². The number of imide groups is 1. The molecule has 6 nitrogen and oxygen atoms in total. The van der Waals surface area contributed by atoms with Crippen molar-refractivity contribution in [3.05, 3.63) is 40.4 Å². The van der Waals surface area contributed by atoms with Crippen LogP contribution in [0, 0.1) is 6.92 Å². The molecule has 0 unspecified atom stereocenters. The first-order valence-corrected chi connectivity index (χ1v) is 8.93. The minimum atomic E-state index is -0.394. The molecular weight excluding hydrogens is 380 g/mol. The summed E-state index contributed by atoms with van der Waals surface area (Å²) in [7, 11) is 0. The van der Waals surface area contributed by atoms with E-state index in [1.54, 1.807) is 25.2 Å². The van der Waals surface area contributed by atoms with Crippen LogP contribution in [-0.4, -0.2) is 26.8 Å². The Balaban J connectivity index is 0.00000182. The van der Waals surface area contributed by atoms with Gasteiger partial charge in [0.15, 0.2) is 5.82 Å². The van der Waals surface area contributed by atoms with Crippen LogP contribution in [-0.2, 0) is 9.59 Å². The van der Waals surface area contributed by atoms with E-state index in [4.69, 9.17) is 0 Å². The number of anilines is 1. The Morgan fingerprint density at radius 3 is 2.60 bits per heavy atom. The van der Waals surface area contributed by atoms with E-state index in [9.17, 15) is 9.59 Å². The van der Waals surface area contributed by atoms with Gasteiger partial charge in [0.1, 0.15) is 10.7 Å². The maximum atomic E-state index is 12.1. The normalized spacial score (nSPS) is 14.0. The van der Waals surface area contributed by atoms with Crippen LogP contribution in [0.25, 0.3) is 20.7 Å². The number of nitrogens with one attached hydrogen (secondary N) is 1. The van der Waals surface area contributed by atoms with E-state index in [1.807, 2.05) is 22.9 Å². The fourth-order valence-corrected chi connectivity index (χ4v) is 4.35. The summed E-state index contributed by atoms with van der Waals surface area (Å²) in [5.41, 5.74) is 4.28. The topological polar surface area (TPSA) is 75.2 Å². The fourth-order valence-electron chi connectivity index (χ4n) is 2.54. The standard InChI is InChI=1S/C16H12N4O2S2.ClH/c1-8-6-12(21)20(16(8)22)19-14-13-10(11-4-3-5-23-11)7-24-15(13)18-9(2)17-14;/h3-7H,1-2H3,(H,17,18,19);1H. The number of carbonyl (C=O) groups is 2. The molecular formula is C16H13ClN4O2S2. The van der Waals surface area contributed by atoms with Gasteiger partial charge in [0.2, 0.25) is 0 Å². The molecule has 1 aliphatic heterocycles. The molecule has 0 radical (unpaired) electrons. The van der Waals surface area contributed by atoms with Gasteiger partial charge in [-0.1, -0.05) is 6.07 Å². The highest BCUT2D eigenvalue weighted by Crippen LogP contribution is 2.39. The highest BCUT2D eigenvalue weighted by molar-refractivity contribution is 7.18. The van der Waals surface area contributed by atoms with Gasteiger partial charge >= 0.3 is 0 Å². The molecule has 128 valence electrons. The van der Waals surface area contributed by atoms with Gasteiger partial charge in [-0.3, -0.25) is 15.0 Å². The van der Waals surface area contributed by atoms with Gasteiger partial charge in [-0.05, 0) is 25.3 Å². The van der Waals surface area contributed by atoms with E-state index in [-0.39, 0.29) is 18.3 Å². The zero-order valence-corrected chi connectivity index (χ0v) is 15.7. The van der Waals surface area contributed by atoms with Gasteiger partial charge in [-0.25, -0.2) is 9.97 Å². The summed E-state index contributed by atoms with van der Waals surface area (Å²) in [4.78, 5) is 34.9. The first-order valence-electron chi connectivity index (χ1n) is 7.17. The highest BCUT2D eigenvalue weighted by atomic mass is 35.5. The van der Waals surface area contributed by atoms with Gasteiger partial charge in [-0.15, -0.1) is 35.1 Å². The van der Waals surface area contributed by atoms with Crippen LogP contribution in [0.3, 0.4) is 0 Å². The molecule has 2 amide bonds. The summed E-state index contributed by atoms with van der Waals surface area (Å²) < 4.78 is 0. The summed E-state index contributed by atoms with van der Waals surface area (Å²) in [6.45, 7) is 3.40. The molecule has 9 heteroatoms. The number of hydrogen-bond acceptors (Lipinski definition) is 7. The molecule has 25 heavy (non-hydrogen) atoms. The lowest BCUT2D eigenvalue weighted by Gasteiger charge is -2.17. The molecule has 4 heterocycles. The number of hydrazine groups is 1. The zero-order valence-electron chi connectivity index (χ0n) is 13.3. The van der Waals surface area contributed by atoms with E-state index in [2.05, 4.69) is 15.4 Å². The molecule has 0 spiro atoms. The third-order valence-electron chi connectivity index (χ3n) is 3.65. The number of thiophene rings is 2. The monoisotopic (exact) mass is 392 g/mol. The highest BCUT2D eigenvalue weighted by Gasteiger charge is 2.30. The molecule has 3 aromatic rings. The number of aromatic nitrogens is 2. The summed E-state index contributed by atoms with van der Waals surface area (Å²) in [5.74, 6) is 0.285. The SMILES string of the molecule is CC1=CC(=O)N(Nc2nc(C)nc3scc(-c4cccs4)c23)C1=O.Cl. The number of aryl methyl sites for hydroxylation is 1. The van der Waals surface area contributed by atoms with E-state index in [1.165, 1.54) is 17.4 Å². The van der Waals surface area contributed by atoms with Crippen molar-refractivity contribution >= 4 is 62.9 Å². The molecule has 0 saturated carbocycles. The van der Waals surface area contributed by atoms with Gasteiger partial charge in [0, 0.05) is 27.5 Å². The van der Waals surface area contributed by atoms with Crippen LogP contribution < -0.4 is 5.43 Å². The lowest BCUT2D eigenvalue weighted by Crippen LogP contribution is -2.36. The van der Waals surface area contributed by atoms with E-state index < -0.39 is 5.91 Å².